The fourth-order valence-corrected chi connectivity index (χ4v) is 2.88. The molecule has 0 aliphatic carbocycles. The quantitative estimate of drug-likeness (QED) is 0.708. The van der Waals surface area contributed by atoms with E-state index < -0.39 is 0 Å². The monoisotopic (exact) mass is 340 g/mol. The van der Waals surface area contributed by atoms with Gasteiger partial charge in [0.15, 0.2) is 0 Å². The molecule has 0 bridgehead atoms. The lowest BCUT2D eigenvalue weighted by Gasteiger charge is -2.29. The lowest BCUT2D eigenvalue weighted by molar-refractivity contribution is 0.192. The normalized spacial score (nSPS) is 12.9. The zero-order valence-electron chi connectivity index (χ0n) is 13.4. The van der Waals surface area contributed by atoms with Gasteiger partial charge in [-0.15, -0.1) is 0 Å². The zero-order valence-corrected chi connectivity index (χ0v) is 15.0. The van der Waals surface area contributed by atoms with Gasteiger partial charge in [-0.05, 0) is 50.6 Å². The van der Waals surface area contributed by atoms with Crippen LogP contribution in [0.1, 0.15) is 51.2 Å². The summed E-state index contributed by atoms with van der Waals surface area (Å²) in [6.07, 6.45) is 3.74. The van der Waals surface area contributed by atoms with E-state index in [-0.39, 0.29) is 0 Å². The van der Waals surface area contributed by atoms with E-state index in [1.165, 1.54) is 41.4 Å². The van der Waals surface area contributed by atoms with Gasteiger partial charge in [-0.25, -0.2) is 0 Å². The maximum atomic E-state index is 3.73. The van der Waals surface area contributed by atoms with Gasteiger partial charge in [-0.1, -0.05) is 48.3 Å². The largest absolute Gasteiger partial charge is 0.316 e. The number of hydrogen-bond acceptors (Lipinski definition) is 2. The number of halogens is 1. The number of nitrogens with zero attached hydrogens (tertiary/aromatic N) is 1. The lowest BCUT2D eigenvalue weighted by Crippen LogP contribution is -2.33. The second-order valence-corrected chi connectivity index (χ2v) is 6.39. The highest BCUT2D eigenvalue weighted by Gasteiger charge is 2.13. The molecule has 0 aromatic heterocycles. The molecular weight excluding hydrogens is 312 g/mol. The third-order valence-electron chi connectivity index (χ3n) is 3.88. The number of benzene rings is 1. The van der Waals surface area contributed by atoms with Crippen LogP contribution in [0.25, 0.3) is 0 Å². The van der Waals surface area contributed by atoms with Crippen LogP contribution in [0.3, 0.4) is 0 Å². The number of unbranched alkanes of at least 4 members (excludes halogenated alkanes) is 1. The summed E-state index contributed by atoms with van der Waals surface area (Å²) in [7, 11) is 1.98. The van der Waals surface area contributed by atoms with Gasteiger partial charge >= 0.3 is 0 Å². The van der Waals surface area contributed by atoms with Crippen LogP contribution < -0.4 is 5.32 Å². The molecule has 2 nitrogen and oxygen atoms in total. The lowest BCUT2D eigenvalue weighted by atomic mass is 10.1. The second-order valence-electron chi connectivity index (χ2n) is 5.54. The van der Waals surface area contributed by atoms with Crippen LogP contribution >= 0.6 is 15.9 Å². The summed E-state index contributed by atoms with van der Waals surface area (Å²) in [5, 5.41) is 3.20. The van der Waals surface area contributed by atoms with Crippen LogP contribution in [0.15, 0.2) is 22.7 Å². The van der Waals surface area contributed by atoms with Crippen LogP contribution in [-0.2, 0) is 13.1 Å². The SMILES string of the molecule is CCCCN(Cc1ccc(CNC)cc1Br)C(C)CC. The molecule has 0 spiro atoms. The van der Waals surface area contributed by atoms with Crippen molar-refractivity contribution < 1.29 is 0 Å². The van der Waals surface area contributed by atoms with Crippen molar-refractivity contribution in [2.75, 3.05) is 13.6 Å². The number of rotatable bonds is 9. The first-order valence-corrected chi connectivity index (χ1v) is 8.57. The van der Waals surface area contributed by atoms with E-state index in [1.807, 2.05) is 7.05 Å². The van der Waals surface area contributed by atoms with Crippen LogP contribution in [0.5, 0.6) is 0 Å². The Hall–Kier alpha value is -0.380. The van der Waals surface area contributed by atoms with Crippen molar-refractivity contribution in [3.05, 3.63) is 33.8 Å². The molecule has 1 unspecified atom stereocenters. The molecular formula is C17H29BrN2. The van der Waals surface area contributed by atoms with Gasteiger partial charge in [0.25, 0.3) is 0 Å². The number of hydrogen-bond donors (Lipinski definition) is 1. The molecule has 1 rings (SSSR count). The van der Waals surface area contributed by atoms with Crippen molar-refractivity contribution in [1.29, 1.82) is 0 Å². The Kier molecular flexibility index (Phi) is 8.43. The fraction of sp³-hybridized carbons (Fsp3) is 0.647. The summed E-state index contributed by atoms with van der Waals surface area (Å²) in [4.78, 5) is 2.60. The van der Waals surface area contributed by atoms with E-state index in [0.29, 0.717) is 6.04 Å². The summed E-state index contributed by atoms with van der Waals surface area (Å²) < 4.78 is 1.23. The molecule has 20 heavy (non-hydrogen) atoms. The fourth-order valence-electron chi connectivity index (χ4n) is 2.33. The minimum atomic E-state index is 0.644. The van der Waals surface area contributed by atoms with E-state index in [2.05, 4.69) is 65.1 Å². The Labute approximate surface area is 133 Å². The summed E-state index contributed by atoms with van der Waals surface area (Å²) in [5.41, 5.74) is 2.72. The highest BCUT2D eigenvalue weighted by Crippen LogP contribution is 2.22. The van der Waals surface area contributed by atoms with E-state index in [1.54, 1.807) is 0 Å². The topological polar surface area (TPSA) is 15.3 Å². The van der Waals surface area contributed by atoms with Gasteiger partial charge in [-0.3, -0.25) is 4.90 Å². The zero-order chi connectivity index (χ0) is 15.0. The van der Waals surface area contributed by atoms with E-state index >= 15 is 0 Å². The maximum Gasteiger partial charge on any atom is 0.0247 e. The van der Waals surface area contributed by atoms with Gasteiger partial charge in [-0.2, -0.15) is 0 Å². The summed E-state index contributed by atoms with van der Waals surface area (Å²) >= 11 is 3.73. The summed E-state index contributed by atoms with van der Waals surface area (Å²) in [6.45, 7) is 10.0. The van der Waals surface area contributed by atoms with Crippen molar-refractivity contribution in [3.63, 3.8) is 0 Å². The minimum Gasteiger partial charge on any atom is -0.316 e. The third-order valence-corrected chi connectivity index (χ3v) is 4.62. The average molecular weight is 341 g/mol. The molecule has 0 heterocycles. The Morgan fingerprint density at radius 2 is 2.05 bits per heavy atom. The molecule has 3 heteroatoms. The van der Waals surface area contributed by atoms with Gasteiger partial charge in [0.05, 0.1) is 0 Å². The molecule has 0 radical (unpaired) electrons. The predicted octanol–water partition coefficient (Wildman–Crippen LogP) is 4.57. The van der Waals surface area contributed by atoms with Crippen molar-refractivity contribution >= 4 is 15.9 Å². The van der Waals surface area contributed by atoms with Gasteiger partial charge in [0, 0.05) is 23.6 Å². The Balaban J connectivity index is 2.76. The van der Waals surface area contributed by atoms with E-state index in [9.17, 15) is 0 Å². The molecule has 0 amide bonds. The first kappa shape index (κ1) is 17.7. The first-order chi connectivity index (χ1) is 9.62. The molecule has 0 aliphatic rings. The van der Waals surface area contributed by atoms with E-state index in [4.69, 9.17) is 0 Å². The van der Waals surface area contributed by atoms with Gasteiger partial charge in [0.2, 0.25) is 0 Å². The smallest absolute Gasteiger partial charge is 0.0247 e. The molecule has 1 aromatic carbocycles. The van der Waals surface area contributed by atoms with Crippen molar-refractivity contribution in [2.24, 2.45) is 0 Å². The number of nitrogens with one attached hydrogen (secondary N) is 1. The molecule has 114 valence electrons. The molecule has 0 fully saturated rings. The molecule has 0 saturated heterocycles. The highest BCUT2D eigenvalue weighted by molar-refractivity contribution is 9.10. The molecule has 0 saturated carbocycles. The average Bonchev–Trinajstić information content (AvgIpc) is 2.45. The first-order valence-electron chi connectivity index (χ1n) is 7.78. The third kappa shape index (κ3) is 5.55. The molecule has 0 aliphatic heterocycles. The molecule has 1 aromatic rings. The van der Waals surface area contributed by atoms with Crippen LogP contribution in [0, 0.1) is 0 Å². The van der Waals surface area contributed by atoms with Crippen LogP contribution in [-0.4, -0.2) is 24.5 Å². The standard InChI is InChI=1S/C17H29BrN2/c1-5-7-10-20(14(3)6-2)13-16-9-8-15(12-19-4)11-17(16)18/h8-9,11,14,19H,5-7,10,12-13H2,1-4H3. The maximum absolute atomic E-state index is 3.73. The Bertz CT molecular complexity index is 393. The summed E-state index contributed by atoms with van der Waals surface area (Å²) in [5.74, 6) is 0. The second kappa shape index (κ2) is 9.54. The van der Waals surface area contributed by atoms with Crippen molar-refractivity contribution in [1.82, 2.24) is 10.2 Å². The Morgan fingerprint density at radius 3 is 2.60 bits per heavy atom. The predicted molar refractivity (Wildman–Crippen MR) is 92.0 cm³/mol. The van der Waals surface area contributed by atoms with Gasteiger partial charge < -0.3 is 5.32 Å². The van der Waals surface area contributed by atoms with Crippen LogP contribution in [0.4, 0.5) is 0 Å². The summed E-state index contributed by atoms with van der Waals surface area (Å²) in [6, 6.07) is 7.37. The van der Waals surface area contributed by atoms with E-state index in [0.717, 1.165) is 13.1 Å². The highest BCUT2D eigenvalue weighted by atomic mass is 79.9. The van der Waals surface area contributed by atoms with Crippen molar-refractivity contribution in [3.8, 4) is 0 Å². The Morgan fingerprint density at radius 1 is 1.30 bits per heavy atom. The minimum absolute atomic E-state index is 0.644. The van der Waals surface area contributed by atoms with Gasteiger partial charge in [0.1, 0.15) is 0 Å². The van der Waals surface area contributed by atoms with Crippen molar-refractivity contribution in [2.45, 2.75) is 59.2 Å². The van der Waals surface area contributed by atoms with Crippen LogP contribution in [0.2, 0.25) is 0 Å². The molecule has 1 N–H and O–H groups in total. The molecule has 1 atom stereocenters.